The van der Waals surface area contributed by atoms with Crippen molar-refractivity contribution in [2.75, 3.05) is 13.1 Å². The highest BCUT2D eigenvalue weighted by atomic mass is 35.5. The molecule has 0 aromatic heterocycles. The molecule has 0 aliphatic carbocycles. The molecule has 0 bridgehead atoms. The van der Waals surface area contributed by atoms with Crippen LogP contribution in [-0.4, -0.2) is 18.0 Å². The van der Waals surface area contributed by atoms with Gasteiger partial charge in [0.2, 0.25) is 0 Å². The molecule has 1 heterocycles. The molecule has 1 atom stereocenters. The van der Waals surface area contributed by atoms with Crippen LogP contribution in [-0.2, 0) is 0 Å². The van der Waals surface area contributed by atoms with Crippen molar-refractivity contribution in [3.05, 3.63) is 33.8 Å². The van der Waals surface area contributed by atoms with E-state index in [1.807, 2.05) is 12.1 Å². The van der Waals surface area contributed by atoms with Gasteiger partial charge in [-0.05, 0) is 68.0 Å². The number of hydrogen-bond acceptors (Lipinski definition) is 1. The van der Waals surface area contributed by atoms with Crippen molar-refractivity contribution >= 4 is 23.2 Å². The molecule has 20 heavy (non-hydrogen) atoms. The SMILES string of the molecule is CC(c1cc(Cl)cc(Cl)c1)N1CCC(C(C)(C)C)CC1. The number of hydrogen-bond donors (Lipinski definition) is 0. The molecule has 1 aromatic carbocycles. The van der Waals surface area contributed by atoms with Crippen molar-refractivity contribution in [1.29, 1.82) is 0 Å². The Hall–Kier alpha value is -0.240. The highest BCUT2D eigenvalue weighted by Gasteiger charge is 2.30. The largest absolute Gasteiger partial charge is 0.297 e. The molecule has 1 unspecified atom stereocenters. The summed E-state index contributed by atoms with van der Waals surface area (Å²) in [7, 11) is 0. The lowest BCUT2D eigenvalue weighted by Crippen LogP contribution is -2.39. The number of likely N-dealkylation sites (tertiary alicyclic amines) is 1. The van der Waals surface area contributed by atoms with Gasteiger partial charge >= 0.3 is 0 Å². The van der Waals surface area contributed by atoms with E-state index in [1.165, 1.54) is 18.4 Å². The third-order valence-corrected chi connectivity index (χ3v) is 5.11. The van der Waals surface area contributed by atoms with Crippen LogP contribution in [0.1, 0.15) is 52.1 Å². The Labute approximate surface area is 133 Å². The molecule has 0 amide bonds. The Kier molecular flexibility index (Phi) is 5.05. The summed E-state index contributed by atoms with van der Waals surface area (Å²) >= 11 is 12.2. The zero-order chi connectivity index (χ0) is 14.9. The molecule has 0 N–H and O–H groups in total. The molecule has 1 aliphatic heterocycles. The Balaban J connectivity index is 2.03. The van der Waals surface area contributed by atoms with Crippen molar-refractivity contribution < 1.29 is 0 Å². The fourth-order valence-corrected chi connectivity index (χ4v) is 3.72. The molecule has 2 rings (SSSR count). The maximum atomic E-state index is 6.11. The van der Waals surface area contributed by atoms with Crippen molar-refractivity contribution in [2.45, 2.75) is 46.6 Å². The average molecular weight is 314 g/mol. The van der Waals surface area contributed by atoms with Gasteiger partial charge in [0.15, 0.2) is 0 Å². The van der Waals surface area contributed by atoms with E-state index >= 15 is 0 Å². The molecule has 0 spiro atoms. The fraction of sp³-hybridized carbons (Fsp3) is 0.647. The standard InChI is InChI=1S/C17H25Cl2N/c1-12(13-9-15(18)11-16(19)10-13)20-7-5-14(6-8-20)17(2,3)4/h9-12,14H,5-8H2,1-4H3. The van der Waals surface area contributed by atoms with E-state index < -0.39 is 0 Å². The van der Waals surface area contributed by atoms with Crippen LogP contribution in [0.15, 0.2) is 18.2 Å². The van der Waals surface area contributed by atoms with Gasteiger partial charge in [0, 0.05) is 16.1 Å². The van der Waals surface area contributed by atoms with Gasteiger partial charge in [0.05, 0.1) is 0 Å². The van der Waals surface area contributed by atoms with E-state index in [1.54, 1.807) is 6.07 Å². The summed E-state index contributed by atoms with van der Waals surface area (Å²) in [4.78, 5) is 2.55. The molecule has 0 saturated carbocycles. The Bertz CT molecular complexity index is 436. The first kappa shape index (κ1) is 16.1. The van der Waals surface area contributed by atoms with Gasteiger partial charge in [-0.3, -0.25) is 4.90 Å². The fourth-order valence-electron chi connectivity index (χ4n) is 3.18. The van der Waals surface area contributed by atoms with Gasteiger partial charge in [0.25, 0.3) is 0 Å². The second-order valence-electron chi connectivity index (χ2n) is 7.06. The van der Waals surface area contributed by atoms with Crippen molar-refractivity contribution in [3.63, 3.8) is 0 Å². The van der Waals surface area contributed by atoms with Gasteiger partial charge in [-0.25, -0.2) is 0 Å². The Morgan fingerprint density at radius 2 is 1.55 bits per heavy atom. The van der Waals surface area contributed by atoms with Gasteiger partial charge in [-0.1, -0.05) is 44.0 Å². The number of piperidine rings is 1. The lowest BCUT2D eigenvalue weighted by Gasteiger charge is -2.41. The molecule has 112 valence electrons. The predicted molar refractivity (Wildman–Crippen MR) is 88.6 cm³/mol. The monoisotopic (exact) mass is 313 g/mol. The molecule has 1 saturated heterocycles. The van der Waals surface area contributed by atoms with E-state index in [4.69, 9.17) is 23.2 Å². The van der Waals surface area contributed by atoms with Gasteiger partial charge in [-0.15, -0.1) is 0 Å². The summed E-state index contributed by atoms with van der Waals surface area (Å²) in [6, 6.07) is 6.25. The van der Waals surface area contributed by atoms with Crippen LogP contribution in [0, 0.1) is 11.3 Å². The summed E-state index contributed by atoms with van der Waals surface area (Å²) in [6.07, 6.45) is 2.56. The van der Waals surface area contributed by atoms with Gasteiger partial charge < -0.3 is 0 Å². The highest BCUT2D eigenvalue weighted by Crippen LogP contribution is 2.37. The van der Waals surface area contributed by atoms with Crippen LogP contribution in [0.25, 0.3) is 0 Å². The first-order chi connectivity index (χ1) is 9.27. The quantitative estimate of drug-likeness (QED) is 0.665. The minimum absolute atomic E-state index is 0.382. The first-order valence-electron chi connectivity index (χ1n) is 7.47. The Morgan fingerprint density at radius 3 is 2.00 bits per heavy atom. The number of rotatable bonds is 2. The van der Waals surface area contributed by atoms with E-state index in [9.17, 15) is 0 Å². The van der Waals surface area contributed by atoms with Crippen LogP contribution >= 0.6 is 23.2 Å². The zero-order valence-corrected chi connectivity index (χ0v) is 14.4. The van der Waals surface area contributed by atoms with Gasteiger partial charge in [0.1, 0.15) is 0 Å². The van der Waals surface area contributed by atoms with Crippen LogP contribution in [0.2, 0.25) is 10.0 Å². The molecule has 1 aromatic rings. The molecule has 0 radical (unpaired) electrons. The minimum atomic E-state index is 0.382. The second-order valence-corrected chi connectivity index (χ2v) is 7.93. The predicted octanol–water partition coefficient (Wildman–Crippen LogP) is 5.81. The van der Waals surface area contributed by atoms with E-state index in [-0.39, 0.29) is 0 Å². The molecular weight excluding hydrogens is 289 g/mol. The van der Waals surface area contributed by atoms with E-state index in [2.05, 4.69) is 32.6 Å². The lowest BCUT2D eigenvalue weighted by molar-refractivity contribution is 0.0878. The van der Waals surface area contributed by atoms with Crippen molar-refractivity contribution in [3.8, 4) is 0 Å². The summed E-state index contributed by atoms with van der Waals surface area (Å²) in [6.45, 7) is 11.6. The van der Waals surface area contributed by atoms with Crippen LogP contribution in [0.3, 0.4) is 0 Å². The third-order valence-electron chi connectivity index (χ3n) is 4.67. The molecule has 1 nitrogen and oxygen atoms in total. The summed E-state index contributed by atoms with van der Waals surface area (Å²) in [5.41, 5.74) is 1.64. The minimum Gasteiger partial charge on any atom is -0.297 e. The number of halogens is 2. The van der Waals surface area contributed by atoms with Crippen LogP contribution in [0.4, 0.5) is 0 Å². The average Bonchev–Trinajstić information content (AvgIpc) is 2.36. The lowest BCUT2D eigenvalue weighted by atomic mass is 9.75. The topological polar surface area (TPSA) is 3.24 Å². The van der Waals surface area contributed by atoms with E-state index in [0.29, 0.717) is 11.5 Å². The molecule has 3 heteroatoms. The summed E-state index contributed by atoms with van der Waals surface area (Å²) in [5.74, 6) is 0.828. The normalized spacial score (nSPS) is 20.1. The maximum absolute atomic E-state index is 6.11. The van der Waals surface area contributed by atoms with E-state index in [0.717, 1.165) is 29.1 Å². The molecule has 1 fully saturated rings. The molecule has 1 aliphatic rings. The maximum Gasteiger partial charge on any atom is 0.0424 e. The first-order valence-corrected chi connectivity index (χ1v) is 8.23. The Morgan fingerprint density at radius 1 is 1.05 bits per heavy atom. The smallest absolute Gasteiger partial charge is 0.0424 e. The van der Waals surface area contributed by atoms with Crippen molar-refractivity contribution in [2.24, 2.45) is 11.3 Å². The van der Waals surface area contributed by atoms with Crippen LogP contribution in [0.5, 0.6) is 0 Å². The third kappa shape index (κ3) is 3.90. The summed E-state index contributed by atoms with van der Waals surface area (Å²) < 4.78 is 0. The van der Waals surface area contributed by atoms with Gasteiger partial charge in [-0.2, -0.15) is 0 Å². The zero-order valence-electron chi connectivity index (χ0n) is 12.9. The summed E-state index contributed by atoms with van der Waals surface area (Å²) in [5, 5.41) is 1.45. The van der Waals surface area contributed by atoms with Crippen LogP contribution < -0.4 is 0 Å². The highest BCUT2D eigenvalue weighted by molar-refractivity contribution is 6.34. The number of benzene rings is 1. The second kappa shape index (κ2) is 6.25. The molecular formula is C17H25Cl2N. The van der Waals surface area contributed by atoms with Crippen molar-refractivity contribution in [1.82, 2.24) is 4.90 Å². The number of nitrogens with zero attached hydrogens (tertiary/aromatic N) is 1.